The molecule has 0 aliphatic heterocycles. The second-order valence-corrected chi connectivity index (χ2v) is 6.03. The summed E-state index contributed by atoms with van der Waals surface area (Å²) in [6, 6.07) is 2.24. The molecule has 0 aromatic carbocycles. The van der Waals surface area contributed by atoms with E-state index in [1.807, 2.05) is 26.2 Å². The molecule has 0 saturated carbocycles. The van der Waals surface area contributed by atoms with Crippen molar-refractivity contribution in [3.8, 4) is 6.07 Å². The van der Waals surface area contributed by atoms with E-state index in [1.165, 1.54) is 0 Å². The minimum atomic E-state index is -0.859. The predicted molar refractivity (Wildman–Crippen MR) is 81.4 cm³/mol. The Labute approximate surface area is 125 Å². The van der Waals surface area contributed by atoms with E-state index in [0.717, 1.165) is 30.0 Å². The Morgan fingerprint density at radius 3 is 2.55 bits per heavy atom. The molecule has 0 aliphatic carbocycles. The van der Waals surface area contributed by atoms with Crippen LogP contribution < -0.4 is 5.32 Å². The predicted octanol–water partition coefficient (Wildman–Crippen LogP) is 3.22. The second-order valence-electron chi connectivity index (χ2n) is 5.08. The van der Waals surface area contributed by atoms with Crippen LogP contribution in [0.4, 0.5) is 0 Å². The molecule has 1 aromatic rings. The average molecular weight is 293 g/mol. The zero-order chi connectivity index (χ0) is 15.0. The lowest BCUT2D eigenvalue weighted by Gasteiger charge is -2.24. The van der Waals surface area contributed by atoms with Gasteiger partial charge in [-0.1, -0.05) is 26.7 Å². The molecule has 0 atom stereocenters. The summed E-state index contributed by atoms with van der Waals surface area (Å²) in [7, 11) is 0. The number of hydrogen-bond acceptors (Lipinski definition) is 4. The molecular weight excluding hydrogens is 270 g/mol. The van der Waals surface area contributed by atoms with Gasteiger partial charge in [0.1, 0.15) is 5.41 Å². The van der Waals surface area contributed by atoms with E-state index in [0.29, 0.717) is 19.4 Å². The molecule has 0 unspecified atom stereocenters. The maximum absolute atomic E-state index is 12.3. The summed E-state index contributed by atoms with van der Waals surface area (Å²) in [6.45, 7) is 6.52. The monoisotopic (exact) mass is 293 g/mol. The third-order valence-corrected chi connectivity index (χ3v) is 4.32. The van der Waals surface area contributed by atoms with Crippen molar-refractivity contribution in [2.45, 2.75) is 52.9 Å². The molecule has 4 nitrogen and oxygen atoms in total. The maximum Gasteiger partial charge on any atom is 0.240 e. The van der Waals surface area contributed by atoms with Crippen molar-refractivity contribution in [1.29, 1.82) is 5.26 Å². The Bertz CT molecular complexity index is 470. The van der Waals surface area contributed by atoms with E-state index < -0.39 is 5.41 Å². The number of rotatable bonds is 8. The van der Waals surface area contributed by atoms with Crippen molar-refractivity contribution >= 4 is 17.2 Å². The molecule has 0 fully saturated rings. The van der Waals surface area contributed by atoms with E-state index in [2.05, 4.69) is 16.4 Å². The van der Waals surface area contributed by atoms with Gasteiger partial charge in [0.05, 0.1) is 11.1 Å². The molecular formula is C15H23N3OS. The van der Waals surface area contributed by atoms with E-state index in [9.17, 15) is 10.1 Å². The summed E-state index contributed by atoms with van der Waals surface area (Å²) < 4.78 is 0. The van der Waals surface area contributed by atoms with E-state index >= 15 is 0 Å². The van der Waals surface area contributed by atoms with Crippen molar-refractivity contribution in [2.24, 2.45) is 5.41 Å². The molecule has 0 saturated heterocycles. The van der Waals surface area contributed by atoms with Crippen LogP contribution in [-0.4, -0.2) is 17.4 Å². The van der Waals surface area contributed by atoms with Gasteiger partial charge in [-0.3, -0.25) is 4.79 Å². The van der Waals surface area contributed by atoms with Crippen LogP contribution in [0.5, 0.6) is 0 Å². The molecule has 110 valence electrons. The summed E-state index contributed by atoms with van der Waals surface area (Å²) in [4.78, 5) is 16.7. The fourth-order valence-electron chi connectivity index (χ4n) is 2.34. The van der Waals surface area contributed by atoms with Gasteiger partial charge in [0.25, 0.3) is 0 Å². The zero-order valence-corrected chi connectivity index (χ0v) is 13.3. The first kappa shape index (κ1) is 16.6. The molecule has 1 rings (SSSR count). The van der Waals surface area contributed by atoms with Crippen LogP contribution in [0.2, 0.25) is 0 Å². The standard InChI is InChI=1S/C15H23N3OS/c1-4-7-15(11-16,8-5-2)14(19)17-9-6-13-18-12(3)10-20-13/h10H,4-9H2,1-3H3,(H,17,19). The Morgan fingerprint density at radius 2 is 2.10 bits per heavy atom. The summed E-state index contributed by atoms with van der Waals surface area (Å²) >= 11 is 1.61. The fourth-order valence-corrected chi connectivity index (χ4v) is 3.11. The van der Waals surface area contributed by atoms with Crippen LogP contribution in [0.25, 0.3) is 0 Å². The smallest absolute Gasteiger partial charge is 0.240 e. The normalized spacial score (nSPS) is 11.1. The molecule has 5 heteroatoms. The summed E-state index contributed by atoms with van der Waals surface area (Å²) in [5.41, 5.74) is 0.155. The van der Waals surface area contributed by atoms with Gasteiger partial charge in [-0.15, -0.1) is 11.3 Å². The van der Waals surface area contributed by atoms with Gasteiger partial charge >= 0.3 is 0 Å². The number of amides is 1. The highest BCUT2D eigenvalue weighted by atomic mass is 32.1. The number of aryl methyl sites for hydroxylation is 1. The highest BCUT2D eigenvalue weighted by Crippen LogP contribution is 2.29. The van der Waals surface area contributed by atoms with Crippen molar-refractivity contribution in [3.63, 3.8) is 0 Å². The molecule has 1 aromatic heterocycles. The van der Waals surface area contributed by atoms with Crippen molar-refractivity contribution < 1.29 is 4.79 Å². The van der Waals surface area contributed by atoms with Gasteiger partial charge in [-0.2, -0.15) is 5.26 Å². The number of carbonyl (C=O) groups excluding carboxylic acids is 1. The average Bonchev–Trinajstić information content (AvgIpc) is 2.84. The Morgan fingerprint density at radius 1 is 1.45 bits per heavy atom. The van der Waals surface area contributed by atoms with Gasteiger partial charge in [-0.25, -0.2) is 4.98 Å². The fraction of sp³-hybridized carbons (Fsp3) is 0.667. The molecule has 0 aliphatic rings. The molecule has 20 heavy (non-hydrogen) atoms. The molecule has 1 amide bonds. The Balaban J connectivity index is 2.56. The van der Waals surface area contributed by atoms with Crippen LogP contribution in [-0.2, 0) is 11.2 Å². The van der Waals surface area contributed by atoms with E-state index in [-0.39, 0.29) is 5.91 Å². The van der Waals surface area contributed by atoms with Crippen LogP contribution in [0.15, 0.2) is 5.38 Å². The lowest BCUT2D eigenvalue weighted by atomic mass is 9.80. The summed E-state index contributed by atoms with van der Waals surface area (Å²) in [5.74, 6) is -0.128. The third-order valence-electron chi connectivity index (χ3n) is 3.29. The van der Waals surface area contributed by atoms with Gasteiger partial charge in [-0.05, 0) is 19.8 Å². The first-order valence-electron chi connectivity index (χ1n) is 7.18. The number of nitrogens with one attached hydrogen (secondary N) is 1. The van der Waals surface area contributed by atoms with Crippen LogP contribution in [0.1, 0.15) is 50.2 Å². The third kappa shape index (κ3) is 4.31. The maximum atomic E-state index is 12.3. The minimum absolute atomic E-state index is 0.128. The highest BCUT2D eigenvalue weighted by molar-refractivity contribution is 7.09. The highest BCUT2D eigenvalue weighted by Gasteiger charge is 2.36. The number of hydrogen-bond donors (Lipinski definition) is 1. The molecule has 0 spiro atoms. The van der Waals surface area contributed by atoms with Crippen LogP contribution in [0.3, 0.4) is 0 Å². The van der Waals surface area contributed by atoms with Crippen LogP contribution >= 0.6 is 11.3 Å². The first-order chi connectivity index (χ1) is 9.57. The van der Waals surface area contributed by atoms with Gasteiger partial charge in [0.2, 0.25) is 5.91 Å². The Kier molecular flexibility index (Phi) is 6.66. The van der Waals surface area contributed by atoms with E-state index in [4.69, 9.17) is 0 Å². The first-order valence-corrected chi connectivity index (χ1v) is 8.06. The lowest BCUT2D eigenvalue weighted by molar-refractivity contribution is -0.128. The van der Waals surface area contributed by atoms with Crippen LogP contribution in [0, 0.1) is 23.7 Å². The topological polar surface area (TPSA) is 65.8 Å². The second kappa shape index (κ2) is 8.01. The molecule has 0 radical (unpaired) electrons. The number of aromatic nitrogens is 1. The Hall–Kier alpha value is -1.41. The summed E-state index contributed by atoms with van der Waals surface area (Å²) in [5, 5.41) is 15.3. The van der Waals surface area contributed by atoms with Gasteiger partial charge in [0, 0.05) is 24.0 Å². The van der Waals surface area contributed by atoms with Crippen molar-refractivity contribution in [1.82, 2.24) is 10.3 Å². The number of thiazole rings is 1. The SMILES string of the molecule is CCCC(C#N)(CCC)C(=O)NCCc1nc(C)cs1. The minimum Gasteiger partial charge on any atom is -0.354 e. The quantitative estimate of drug-likeness (QED) is 0.800. The largest absolute Gasteiger partial charge is 0.354 e. The molecule has 1 heterocycles. The van der Waals surface area contributed by atoms with Gasteiger partial charge < -0.3 is 5.32 Å². The summed E-state index contributed by atoms with van der Waals surface area (Å²) in [6.07, 6.45) is 3.66. The lowest BCUT2D eigenvalue weighted by Crippen LogP contribution is -2.41. The number of carbonyl (C=O) groups is 1. The van der Waals surface area contributed by atoms with Crippen molar-refractivity contribution in [3.05, 3.63) is 16.1 Å². The molecule has 0 bridgehead atoms. The molecule has 1 N–H and O–H groups in total. The number of nitriles is 1. The van der Waals surface area contributed by atoms with Crippen molar-refractivity contribution in [2.75, 3.05) is 6.54 Å². The zero-order valence-electron chi connectivity index (χ0n) is 12.5. The van der Waals surface area contributed by atoms with Gasteiger partial charge in [0.15, 0.2) is 0 Å². The van der Waals surface area contributed by atoms with E-state index in [1.54, 1.807) is 11.3 Å². The number of nitrogens with zero attached hydrogens (tertiary/aromatic N) is 2.